The van der Waals surface area contributed by atoms with Gasteiger partial charge >= 0.3 is 5.97 Å². The highest BCUT2D eigenvalue weighted by atomic mass is 16.5. The third kappa shape index (κ3) is 3.81. The van der Waals surface area contributed by atoms with Crippen LogP contribution in [0.1, 0.15) is 34.8 Å². The Balaban J connectivity index is 2.11. The number of hydrogen-bond acceptors (Lipinski definition) is 3. The molecule has 0 aliphatic rings. The molecule has 0 amide bonds. The molecule has 0 aliphatic heterocycles. The molecule has 0 saturated heterocycles. The van der Waals surface area contributed by atoms with E-state index in [9.17, 15) is 9.59 Å². The molecule has 0 unspecified atom stereocenters. The molecule has 4 heteroatoms. The number of aryl methyl sites for hydroxylation is 1. The van der Waals surface area contributed by atoms with Gasteiger partial charge in [0.05, 0.1) is 18.7 Å². The molecule has 21 heavy (non-hydrogen) atoms. The smallest absolute Gasteiger partial charge is 0.338 e. The van der Waals surface area contributed by atoms with Crippen molar-refractivity contribution in [1.29, 1.82) is 0 Å². The van der Waals surface area contributed by atoms with Gasteiger partial charge in [-0.1, -0.05) is 25.1 Å². The summed E-state index contributed by atoms with van der Waals surface area (Å²) in [6.07, 6.45) is 2.57. The van der Waals surface area contributed by atoms with E-state index in [0.29, 0.717) is 18.7 Å². The van der Waals surface area contributed by atoms with Crippen molar-refractivity contribution in [3.8, 4) is 0 Å². The Hall–Kier alpha value is -2.36. The topological polar surface area (TPSA) is 48.3 Å². The fraction of sp³-hybridized carbons (Fsp3) is 0.294. The quantitative estimate of drug-likeness (QED) is 0.794. The number of benzene rings is 1. The largest absolute Gasteiger partial charge is 0.462 e. The van der Waals surface area contributed by atoms with E-state index in [-0.39, 0.29) is 11.5 Å². The molecule has 4 nitrogen and oxygen atoms in total. The Morgan fingerprint density at radius 1 is 1.19 bits per heavy atom. The molecule has 1 aromatic carbocycles. The molecule has 2 rings (SSSR count). The number of aromatic nitrogens is 1. The second-order valence-electron chi connectivity index (χ2n) is 4.96. The first-order valence-electron chi connectivity index (χ1n) is 7.04. The van der Waals surface area contributed by atoms with Crippen molar-refractivity contribution in [2.45, 2.75) is 26.8 Å². The van der Waals surface area contributed by atoms with Gasteiger partial charge in [-0.05, 0) is 37.1 Å². The molecule has 1 aromatic heterocycles. The van der Waals surface area contributed by atoms with Crippen molar-refractivity contribution in [1.82, 2.24) is 4.57 Å². The first kappa shape index (κ1) is 15.0. The SMILES string of the molecule is CCCOC(=O)c1ccc(Cn2cccc(C)c2=O)cc1. The standard InChI is InChI=1S/C17H19NO3/c1-3-11-21-17(20)15-8-6-14(7-9-15)12-18-10-4-5-13(2)16(18)19/h4-10H,3,11-12H2,1-2H3. The number of pyridine rings is 1. The fourth-order valence-corrected chi connectivity index (χ4v) is 2.00. The molecular formula is C17H19NO3. The minimum Gasteiger partial charge on any atom is -0.462 e. The van der Waals surface area contributed by atoms with Crippen molar-refractivity contribution in [2.24, 2.45) is 0 Å². The number of carbonyl (C=O) groups is 1. The Morgan fingerprint density at radius 2 is 1.90 bits per heavy atom. The van der Waals surface area contributed by atoms with Gasteiger partial charge in [0, 0.05) is 11.8 Å². The third-order valence-corrected chi connectivity index (χ3v) is 3.19. The maximum absolute atomic E-state index is 12.0. The van der Waals surface area contributed by atoms with E-state index in [0.717, 1.165) is 17.5 Å². The number of nitrogens with zero attached hydrogens (tertiary/aromatic N) is 1. The highest BCUT2D eigenvalue weighted by Gasteiger charge is 2.06. The summed E-state index contributed by atoms with van der Waals surface area (Å²) in [5.74, 6) is -0.309. The van der Waals surface area contributed by atoms with E-state index in [1.54, 1.807) is 35.9 Å². The number of ether oxygens (including phenoxy) is 1. The molecule has 1 heterocycles. The zero-order chi connectivity index (χ0) is 15.2. The second kappa shape index (κ2) is 6.88. The normalized spacial score (nSPS) is 10.4. The van der Waals surface area contributed by atoms with Gasteiger partial charge in [0.15, 0.2) is 0 Å². The Kier molecular flexibility index (Phi) is 4.93. The van der Waals surface area contributed by atoms with Crippen LogP contribution in [0.2, 0.25) is 0 Å². The highest BCUT2D eigenvalue weighted by Crippen LogP contribution is 2.07. The minimum atomic E-state index is -0.309. The van der Waals surface area contributed by atoms with Gasteiger partial charge < -0.3 is 9.30 Å². The summed E-state index contributed by atoms with van der Waals surface area (Å²) in [5.41, 5.74) is 2.22. The zero-order valence-electron chi connectivity index (χ0n) is 12.3. The molecule has 0 bridgehead atoms. The first-order valence-corrected chi connectivity index (χ1v) is 7.04. The van der Waals surface area contributed by atoms with Gasteiger partial charge in [-0.2, -0.15) is 0 Å². The molecule has 2 aromatic rings. The van der Waals surface area contributed by atoms with Gasteiger partial charge in [-0.3, -0.25) is 4.79 Å². The van der Waals surface area contributed by atoms with E-state index in [4.69, 9.17) is 4.74 Å². The zero-order valence-corrected chi connectivity index (χ0v) is 12.3. The van der Waals surface area contributed by atoms with Gasteiger partial charge in [0.2, 0.25) is 0 Å². The average Bonchev–Trinajstić information content (AvgIpc) is 2.50. The van der Waals surface area contributed by atoms with Crippen LogP contribution < -0.4 is 5.56 Å². The van der Waals surface area contributed by atoms with E-state index in [1.165, 1.54) is 0 Å². The summed E-state index contributed by atoms with van der Waals surface area (Å²) in [4.78, 5) is 23.6. The van der Waals surface area contributed by atoms with Gasteiger partial charge in [-0.25, -0.2) is 4.79 Å². The van der Waals surface area contributed by atoms with Crippen LogP contribution in [-0.4, -0.2) is 17.1 Å². The summed E-state index contributed by atoms with van der Waals surface area (Å²) >= 11 is 0. The molecule has 0 aliphatic carbocycles. The Morgan fingerprint density at radius 3 is 2.57 bits per heavy atom. The maximum atomic E-state index is 12.0. The number of esters is 1. The molecule has 0 N–H and O–H groups in total. The van der Waals surface area contributed by atoms with E-state index in [2.05, 4.69) is 0 Å². The fourth-order valence-electron chi connectivity index (χ4n) is 2.00. The van der Waals surface area contributed by atoms with E-state index in [1.807, 2.05) is 25.1 Å². The Labute approximate surface area is 124 Å². The number of carbonyl (C=O) groups excluding carboxylic acids is 1. The van der Waals surface area contributed by atoms with Crippen molar-refractivity contribution in [2.75, 3.05) is 6.61 Å². The summed E-state index contributed by atoms with van der Waals surface area (Å²) in [5, 5.41) is 0. The lowest BCUT2D eigenvalue weighted by atomic mass is 10.1. The predicted octanol–water partition coefficient (Wildman–Crippen LogP) is 2.77. The van der Waals surface area contributed by atoms with Gasteiger partial charge in [0.25, 0.3) is 5.56 Å². The lowest BCUT2D eigenvalue weighted by Gasteiger charge is -2.08. The summed E-state index contributed by atoms with van der Waals surface area (Å²) in [6.45, 7) is 4.67. The van der Waals surface area contributed by atoms with E-state index < -0.39 is 0 Å². The molecule has 0 saturated carbocycles. The average molecular weight is 285 g/mol. The van der Waals surface area contributed by atoms with Crippen molar-refractivity contribution >= 4 is 5.97 Å². The number of rotatable bonds is 5. The van der Waals surface area contributed by atoms with Crippen molar-refractivity contribution in [3.63, 3.8) is 0 Å². The summed E-state index contributed by atoms with van der Waals surface area (Å²) in [7, 11) is 0. The minimum absolute atomic E-state index is 0.00364. The predicted molar refractivity (Wildman–Crippen MR) is 81.6 cm³/mol. The molecular weight excluding hydrogens is 266 g/mol. The molecule has 0 fully saturated rings. The van der Waals surface area contributed by atoms with Gasteiger partial charge in [0.1, 0.15) is 0 Å². The summed E-state index contributed by atoms with van der Waals surface area (Å²) < 4.78 is 6.73. The number of hydrogen-bond donors (Lipinski definition) is 0. The molecule has 0 spiro atoms. The molecule has 110 valence electrons. The van der Waals surface area contributed by atoms with Crippen LogP contribution in [0.25, 0.3) is 0 Å². The lowest BCUT2D eigenvalue weighted by Crippen LogP contribution is -2.21. The van der Waals surface area contributed by atoms with Crippen LogP contribution in [0.3, 0.4) is 0 Å². The van der Waals surface area contributed by atoms with Crippen molar-refractivity contribution < 1.29 is 9.53 Å². The lowest BCUT2D eigenvalue weighted by molar-refractivity contribution is 0.0505. The van der Waals surface area contributed by atoms with Crippen LogP contribution in [-0.2, 0) is 11.3 Å². The molecule has 0 radical (unpaired) electrons. The van der Waals surface area contributed by atoms with E-state index >= 15 is 0 Å². The van der Waals surface area contributed by atoms with Crippen molar-refractivity contribution in [3.05, 3.63) is 69.6 Å². The highest BCUT2D eigenvalue weighted by molar-refractivity contribution is 5.89. The first-order chi connectivity index (χ1) is 10.1. The Bertz CT molecular complexity index is 671. The maximum Gasteiger partial charge on any atom is 0.338 e. The molecule has 0 atom stereocenters. The van der Waals surface area contributed by atoms with Crippen LogP contribution >= 0.6 is 0 Å². The van der Waals surface area contributed by atoms with Crippen LogP contribution in [0.15, 0.2) is 47.4 Å². The van der Waals surface area contributed by atoms with Crippen LogP contribution in [0.4, 0.5) is 0 Å². The second-order valence-corrected chi connectivity index (χ2v) is 4.96. The third-order valence-electron chi connectivity index (χ3n) is 3.19. The van der Waals surface area contributed by atoms with Crippen LogP contribution in [0.5, 0.6) is 0 Å². The van der Waals surface area contributed by atoms with Gasteiger partial charge in [-0.15, -0.1) is 0 Å². The summed E-state index contributed by atoms with van der Waals surface area (Å²) in [6, 6.07) is 10.8. The monoisotopic (exact) mass is 285 g/mol. The van der Waals surface area contributed by atoms with Crippen LogP contribution in [0, 0.1) is 6.92 Å².